The monoisotopic (exact) mass is 658 g/mol. The van der Waals surface area contributed by atoms with Gasteiger partial charge in [-0.05, 0) is 83.9 Å². The molecule has 0 aliphatic heterocycles. The highest BCUT2D eigenvalue weighted by atomic mass is 19.4. The highest BCUT2D eigenvalue weighted by Crippen LogP contribution is 2.53. The van der Waals surface area contributed by atoms with E-state index in [4.69, 9.17) is 0 Å². The van der Waals surface area contributed by atoms with Crippen molar-refractivity contribution in [3.05, 3.63) is 109 Å². The zero-order chi connectivity index (χ0) is 36.9. The molecule has 0 saturated heterocycles. The Kier molecular flexibility index (Phi) is 10.0. The van der Waals surface area contributed by atoms with Crippen LogP contribution in [0.1, 0.15) is 78.5 Å². The average molecular weight is 659 g/mol. The molecule has 1 atom stereocenters. The van der Waals surface area contributed by atoms with Gasteiger partial charge in [0, 0.05) is 33.4 Å². The van der Waals surface area contributed by atoms with Gasteiger partial charge in [-0.3, -0.25) is 0 Å². The van der Waals surface area contributed by atoms with E-state index in [0.717, 1.165) is 13.0 Å². The molecule has 11 heteroatoms. The standard InChI is InChI=1S/C39H21F3N8/c1-4-21(2)29-10-23(8-9-25(29)14-44)37-35(20-50)31-12-32-30(11-33(31)38(37)27(17-47)18-48)34(19-49)28(36(32)26(15-45)16-46)7-5-6-24(13-43)22(3)39(40,41)42/h5-6,8-12,21H,4,7H2,1-3H3/b6-5-,24-22-. The Balaban J connectivity index is 2.07. The average Bonchev–Trinajstić information content (AvgIpc) is 3.60. The molecular weight excluding hydrogens is 637 g/mol. The highest BCUT2D eigenvalue weighted by molar-refractivity contribution is 6.26. The fourth-order valence-corrected chi connectivity index (χ4v) is 5.97. The molecule has 0 amide bonds. The molecule has 2 aliphatic carbocycles. The highest BCUT2D eigenvalue weighted by Gasteiger charge is 2.37. The maximum Gasteiger partial charge on any atom is 0.413 e. The molecule has 0 radical (unpaired) electrons. The van der Waals surface area contributed by atoms with E-state index in [1.165, 1.54) is 24.3 Å². The lowest BCUT2D eigenvalue weighted by Gasteiger charge is -2.15. The van der Waals surface area contributed by atoms with Crippen molar-refractivity contribution >= 4 is 27.9 Å². The van der Waals surface area contributed by atoms with E-state index in [0.29, 0.717) is 23.1 Å². The van der Waals surface area contributed by atoms with Gasteiger partial charge in [0.15, 0.2) is 0 Å². The molecule has 0 spiro atoms. The van der Waals surface area contributed by atoms with Crippen LogP contribution in [0.3, 0.4) is 0 Å². The second-order valence-corrected chi connectivity index (χ2v) is 11.2. The predicted octanol–water partition coefficient (Wildman–Crippen LogP) is 8.76. The van der Waals surface area contributed by atoms with E-state index in [1.54, 1.807) is 30.3 Å². The first-order valence-electron chi connectivity index (χ1n) is 14.9. The van der Waals surface area contributed by atoms with E-state index < -0.39 is 22.9 Å². The number of allylic oxidation sites excluding steroid dienone is 12. The minimum atomic E-state index is -4.76. The molecule has 2 aromatic rings. The number of halogens is 3. The van der Waals surface area contributed by atoms with E-state index in [1.807, 2.05) is 26.0 Å². The Morgan fingerprint density at radius 3 is 1.80 bits per heavy atom. The lowest BCUT2D eigenvalue weighted by atomic mass is 9.87. The number of fused-ring (bicyclic) bond motifs is 2. The summed E-state index contributed by atoms with van der Waals surface area (Å²) in [5.74, 6) is -0.0434. The van der Waals surface area contributed by atoms with Crippen molar-refractivity contribution in [3.63, 3.8) is 0 Å². The normalized spacial score (nSPS) is 14.1. The molecule has 8 nitrogen and oxygen atoms in total. The van der Waals surface area contributed by atoms with Crippen molar-refractivity contribution in [1.82, 2.24) is 0 Å². The van der Waals surface area contributed by atoms with Crippen LogP contribution in [0.4, 0.5) is 13.2 Å². The molecule has 2 aliphatic rings. The van der Waals surface area contributed by atoms with Gasteiger partial charge in [-0.25, -0.2) is 0 Å². The Hall–Kier alpha value is -7.41. The van der Waals surface area contributed by atoms with Gasteiger partial charge in [-0.15, -0.1) is 0 Å². The number of hydrogen-bond acceptors (Lipinski definition) is 8. The van der Waals surface area contributed by atoms with Gasteiger partial charge in [0.05, 0.1) is 34.4 Å². The van der Waals surface area contributed by atoms with Crippen molar-refractivity contribution in [2.24, 2.45) is 0 Å². The van der Waals surface area contributed by atoms with Crippen LogP contribution in [0.15, 0.2) is 70.3 Å². The van der Waals surface area contributed by atoms with Crippen LogP contribution in [0.5, 0.6) is 0 Å². The molecule has 0 saturated carbocycles. The topological polar surface area (TPSA) is 190 Å². The molecule has 4 rings (SSSR count). The summed E-state index contributed by atoms with van der Waals surface area (Å²) in [7, 11) is 0. The maximum atomic E-state index is 13.3. The molecule has 0 bridgehead atoms. The van der Waals surface area contributed by atoms with E-state index >= 15 is 0 Å². The summed E-state index contributed by atoms with van der Waals surface area (Å²) in [5.41, 5.74) is 0.579. The Labute approximate surface area is 286 Å². The number of nitriles is 8. The number of alkyl halides is 3. The summed E-state index contributed by atoms with van der Waals surface area (Å²) < 4.78 is 39.8. The fourth-order valence-electron chi connectivity index (χ4n) is 5.97. The quantitative estimate of drug-likeness (QED) is 0.217. The Morgan fingerprint density at radius 1 is 0.740 bits per heavy atom. The minimum Gasteiger partial charge on any atom is -0.192 e. The molecular formula is C39H21F3N8. The summed E-state index contributed by atoms with van der Waals surface area (Å²) in [6.45, 7) is 4.65. The SMILES string of the molecule is CCC(C)c1cc(C2=C(C#N)c3cc4c(cc3C2=C(C#N)C#N)C(C#N)=C(C/C=C\C(C#N)=C(/C)C(F)(F)F)C4=C(C#N)C#N)ccc1C#N. The van der Waals surface area contributed by atoms with Crippen molar-refractivity contribution in [1.29, 1.82) is 42.1 Å². The third-order valence-corrected chi connectivity index (χ3v) is 8.67. The third kappa shape index (κ3) is 5.93. The zero-order valence-corrected chi connectivity index (χ0v) is 26.7. The summed E-state index contributed by atoms with van der Waals surface area (Å²) in [6, 6.07) is 23.2. The number of benzene rings is 2. The van der Waals surface area contributed by atoms with Crippen LogP contribution in [-0.4, -0.2) is 6.18 Å². The molecule has 238 valence electrons. The summed E-state index contributed by atoms with van der Waals surface area (Å²) in [4.78, 5) is 0. The van der Waals surface area contributed by atoms with E-state index in [-0.39, 0.29) is 73.6 Å². The first kappa shape index (κ1) is 35.4. The molecule has 0 heterocycles. The van der Waals surface area contributed by atoms with Gasteiger partial charge in [0.2, 0.25) is 0 Å². The first-order valence-corrected chi connectivity index (χ1v) is 14.9. The van der Waals surface area contributed by atoms with Gasteiger partial charge in [-0.1, -0.05) is 26.0 Å². The Morgan fingerprint density at radius 2 is 1.30 bits per heavy atom. The van der Waals surface area contributed by atoms with Gasteiger partial charge in [0.25, 0.3) is 0 Å². The van der Waals surface area contributed by atoms with Gasteiger partial charge in [0.1, 0.15) is 47.6 Å². The van der Waals surface area contributed by atoms with Crippen LogP contribution in [0, 0.1) is 90.6 Å². The minimum absolute atomic E-state index is 0.0264. The molecule has 0 fully saturated rings. The van der Waals surface area contributed by atoms with Crippen LogP contribution < -0.4 is 0 Å². The number of hydrogen-bond donors (Lipinski definition) is 0. The second-order valence-electron chi connectivity index (χ2n) is 11.2. The smallest absolute Gasteiger partial charge is 0.192 e. The van der Waals surface area contributed by atoms with E-state index in [9.17, 15) is 55.3 Å². The van der Waals surface area contributed by atoms with Gasteiger partial charge >= 0.3 is 6.18 Å². The third-order valence-electron chi connectivity index (χ3n) is 8.67. The molecule has 50 heavy (non-hydrogen) atoms. The van der Waals surface area contributed by atoms with Gasteiger partial charge in [-0.2, -0.15) is 55.3 Å². The van der Waals surface area contributed by atoms with Crippen molar-refractivity contribution in [2.45, 2.75) is 45.7 Å². The lowest BCUT2D eigenvalue weighted by Crippen LogP contribution is -2.10. The molecule has 2 aromatic carbocycles. The van der Waals surface area contributed by atoms with Crippen LogP contribution in [-0.2, 0) is 0 Å². The number of rotatable bonds is 6. The number of nitrogens with zero attached hydrogens (tertiary/aromatic N) is 8. The molecule has 0 aromatic heterocycles. The zero-order valence-electron chi connectivity index (χ0n) is 26.7. The molecule has 1 unspecified atom stereocenters. The Bertz CT molecular complexity index is 2390. The lowest BCUT2D eigenvalue weighted by molar-refractivity contribution is -0.0917. The largest absolute Gasteiger partial charge is 0.413 e. The van der Waals surface area contributed by atoms with Crippen LogP contribution in [0.2, 0.25) is 0 Å². The first-order chi connectivity index (χ1) is 23.9. The summed E-state index contributed by atoms with van der Waals surface area (Å²) in [6.07, 6.45) is -2.14. The van der Waals surface area contributed by atoms with Crippen molar-refractivity contribution in [2.75, 3.05) is 0 Å². The van der Waals surface area contributed by atoms with Crippen LogP contribution in [0.25, 0.3) is 27.9 Å². The maximum absolute atomic E-state index is 13.3. The fraction of sp³-hybridized carbons (Fsp3) is 0.179. The summed E-state index contributed by atoms with van der Waals surface area (Å²) in [5, 5.41) is 79.8. The van der Waals surface area contributed by atoms with Gasteiger partial charge < -0.3 is 0 Å². The summed E-state index contributed by atoms with van der Waals surface area (Å²) >= 11 is 0. The molecule has 0 N–H and O–H groups in total. The second kappa shape index (κ2) is 14.1. The predicted molar refractivity (Wildman–Crippen MR) is 176 cm³/mol. The van der Waals surface area contributed by atoms with Crippen LogP contribution >= 0.6 is 0 Å². The van der Waals surface area contributed by atoms with E-state index in [2.05, 4.69) is 18.2 Å². The van der Waals surface area contributed by atoms with Crippen molar-refractivity contribution < 1.29 is 13.2 Å². The van der Waals surface area contributed by atoms with Crippen molar-refractivity contribution in [3.8, 4) is 48.6 Å².